The fraction of sp³-hybridized carbons (Fsp3) is 0.375. The van der Waals surface area contributed by atoms with Gasteiger partial charge in [0.1, 0.15) is 6.33 Å². The largest absolute Gasteiger partial charge is 0.328 e. The van der Waals surface area contributed by atoms with E-state index < -0.39 is 0 Å². The van der Waals surface area contributed by atoms with E-state index >= 15 is 0 Å². The molecule has 1 aromatic heterocycles. The molecule has 0 radical (unpaired) electrons. The molecule has 0 spiro atoms. The summed E-state index contributed by atoms with van der Waals surface area (Å²) in [6, 6.07) is -0.155. The summed E-state index contributed by atoms with van der Waals surface area (Å²) in [6.07, 6.45) is 4.52. The molecule has 1 rings (SSSR count). The molecule has 0 saturated carbocycles. The number of hydrogen-bond acceptors (Lipinski definition) is 3. The minimum atomic E-state index is -0.155. The van der Waals surface area contributed by atoms with Crippen molar-refractivity contribution in [1.82, 2.24) is 14.9 Å². The number of carbonyl (C=O) groups is 1. The first-order valence-electron chi connectivity index (χ1n) is 4.01. The lowest BCUT2D eigenvalue weighted by molar-refractivity contribution is 0.224. The lowest BCUT2D eigenvalue weighted by Gasteiger charge is -2.14. The molecule has 0 fully saturated rings. The first kappa shape index (κ1) is 9.44. The molecular formula is C8H12N4O. The monoisotopic (exact) mass is 180 g/mol. The molecule has 1 N–H and O–H groups in total. The van der Waals surface area contributed by atoms with E-state index in [9.17, 15) is 4.79 Å². The van der Waals surface area contributed by atoms with Crippen LogP contribution >= 0.6 is 0 Å². The maximum Gasteiger partial charge on any atom is 0.321 e. The third-order valence-corrected chi connectivity index (χ3v) is 1.63. The fourth-order valence-corrected chi connectivity index (χ4v) is 0.726. The maximum atomic E-state index is 11.3. The Labute approximate surface area is 76.8 Å². The lowest BCUT2D eigenvalue weighted by Crippen LogP contribution is -2.30. The van der Waals surface area contributed by atoms with Gasteiger partial charge in [0.05, 0.1) is 18.1 Å². The third kappa shape index (κ3) is 2.70. The molecule has 2 amide bonds. The number of nitrogens with one attached hydrogen (secondary N) is 1. The molecule has 1 heterocycles. The van der Waals surface area contributed by atoms with Crippen LogP contribution in [0.15, 0.2) is 18.7 Å². The van der Waals surface area contributed by atoms with E-state index in [1.165, 1.54) is 6.33 Å². The van der Waals surface area contributed by atoms with Crippen molar-refractivity contribution < 1.29 is 4.79 Å². The van der Waals surface area contributed by atoms with E-state index in [-0.39, 0.29) is 6.03 Å². The van der Waals surface area contributed by atoms with E-state index in [0.29, 0.717) is 12.2 Å². The smallest absolute Gasteiger partial charge is 0.321 e. The predicted molar refractivity (Wildman–Crippen MR) is 49.4 cm³/mol. The highest BCUT2D eigenvalue weighted by molar-refractivity contribution is 5.88. The second-order valence-corrected chi connectivity index (χ2v) is 2.57. The average molecular weight is 180 g/mol. The van der Waals surface area contributed by atoms with Gasteiger partial charge in [-0.25, -0.2) is 14.8 Å². The highest BCUT2D eigenvalue weighted by atomic mass is 16.2. The first-order chi connectivity index (χ1) is 6.24. The molecule has 0 saturated heterocycles. The number of aromatic nitrogens is 2. The molecule has 5 nitrogen and oxygen atoms in total. The topological polar surface area (TPSA) is 58.1 Å². The minimum absolute atomic E-state index is 0.155. The molecular weight excluding hydrogens is 168 g/mol. The van der Waals surface area contributed by atoms with Crippen molar-refractivity contribution in [2.75, 3.05) is 18.9 Å². The van der Waals surface area contributed by atoms with Crippen LogP contribution < -0.4 is 5.32 Å². The Morgan fingerprint density at radius 3 is 2.69 bits per heavy atom. The third-order valence-electron chi connectivity index (χ3n) is 1.63. The highest BCUT2D eigenvalue weighted by Gasteiger charge is 2.05. The lowest BCUT2D eigenvalue weighted by atomic mass is 10.5. The van der Waals surface area contributed by atoms with Gasteiger partial charge in [-0.15, -0.1) is 0 Å². The molecule has 5 heteroatoms. The Kier molecular flexibility index (Phi) is 3.19. The van der Waals surface area contributed by atoms with Gasteiger partial charge in [-0.05, 0) is 6.92 Å². The normalized spacial score (nSPS) is 9.38. The molecule has 0 aliphatic carbocycles. The number of hydrogen-bond donors (Lipinski definition) is 1. The second-order valence-electron chi connectivity index (χ2n) is 2.57. The molecule has 0 aromatic carbocycles. The summed E-state index contributed by atoms with van der Waals surface area (Å²) >= 11 is 0. The quantitative estimate of drug-likeness (QED) is 0.737. The predicted octanol–water partition coefficient (Wildman–Crippen LogP) is 0.960. The minimum Gasteiger partial charge on any atom is -0.328 e. The molecule has 0 bridgehead atoms. The van der Waals surface area contributed by atoms with E-state index in [2.05, 4.69) is 15.3 Å². The van der Waals surface area contributed by atoms with Crippen LogP contribution in [0.2, 0.25) is 0 Å². The van der Waals surface area contributed by atoms with Crippen LogP contribution in [0.5, 0.6) is 0 Å². The van der Waals surface area contributed by atoms with E-state index in [1.54, 1.807) is 24.3 Å². The van der Waals surface area contributed by atoms with Gasteiger partial charge in [0, 0.05) is 13.6 Å². The first-order valence-corrected chi connectivity index (χ1v) is 4.01. The zero-order valence-corrected chi connectivity index (χ0v) is 7.69. The van der Waals surface area contributed by atoms with E-state index in [0.717, 1.165) is 0 Å². The van der Waals surface area contributed by atoms with Gasteiger partial charge in [-0.1, -0.05) is 0 Å². The van der Waals surface area contributed by atoms with Crippen LogP contribution in [0.4, 0.5) is 10.5 Å². The number of nitrogens with zero attached hydrogens (tertiary/aromatic N) is 3. The van der Waals surface area contributed by atoms with Gasteiger partial charge in [0.2, 0.25) is 0 Å². The van der Waals surface area contributed by atoms with Crippen molar-refractivity contribution in [3.8, 4) is 0 Å². The van der Waals surface area contributed by atoms with Crippen LogP contribution in [0, 0.1) is 0 Å². The van der Waals surface area contributed by atoms with Crippen LogP contribution in [0.25, 0.3) is 0 Å². The number of urea groups is 1. The van der Waals surface area contributed by atoms with Crippen molar-refractivity contribution in [2.24, 2.45) is 0 Å². The maximum absolute atomic E-state index is 11.3. The number of amides is 2. The van der Waals surface area contributed by atoms with Crippen LogP contribution in [-0.4, -0.2) is 34.5 Å². The second kappa shape index (κ2) is 4.39. The number of rotatable bonds is 2. The molecule has 0 aliphatic rings. The van der Waals surface area contributed by atoms with Gasteiger partial charge in [-0.2, -0.15) is 0 Å². The Hall–Kier alpha value is -1.65. The Balaban J connectivity index is 2.55. The summed E-state index contributed by atoms with van der Waals surface area (Å²) in [5.74, 6) is 0. The molecule has 0 aliphatic heterocycles. The summed E-state index contributed by atoms with van der Waals surface area (Å²) in [5, 5.41) is 2.65. The summed E-state index contributed by atoms with van der Waals surface area (Å²) in [7, 11) is 1.72. The van der Waals surface area contributed by atoms with Gasteiger partial charge < -0.3 is 10.2 Å². The Bertz CT molecular complexity index is 275. The van der Waals surface area contributed by atoms with Gasteiger partial charge in [0.25, 0.3) is 0 Å². The van der Waals surface area contributed by atoms with Gasteiger partial charge in [0.15, 0.2) is 0 Å². The van der Waals surface area contributed by atoms with Crippen molar-refractivity contribution in [3.05, 3.63) is 18.7 Å². The van der Waals surface area contributed by atoms with Crippen molar-refractivity contribution in [2.45, 2.75) is 6.92 Å². The van der Waals surface area contributed by atoms with Crippen LogP contribution in [0.3, 0.4) is 0 Å². The fourth-order valence-electron chi connectivity index (χ4n) is 0.726. The standard InChI is InChI=1S/C8H12N4O/c1-3-12(2)8(13)11-7-4-9-6-10-5-7/h4-6H,3H2,1-2H3,(H,11,13). The summed E-state index contributed by atoms with van der Waals surface area (Å²) in [6.45, 7) is 2.57. The van der Waals surface area contributed by atoms with Crippen LogP contribution in [0.1, 0.15) is 6.92 Å². The molecule has 13 heavy (non-hydrogen) atoms. The van der Waals surface area contributed by atoms with Crippen LogP contribution in [-0.2, 0) is 0 Å². The van der Waals surface area contributed by atoms with Gasteiger partial charge in [-0.3, -0.25) is 0 Å². The SMILES string of the molecule is CCN(C)C(=O)Nc1cncnc1. The van der Waals surface area contributed by atoms with Gasteiger partial charge >= 0.3 is 6.03 Å². The molecule has 1 aromatic rings. The molecule has 0 unspecified atom stereocenters. The summed E-state index contributed by atoms with van der Waals surface area (Å²) < 4.78 is 0. The average Bonchev–Trinajstić information content (AvgIpc) is 2.18. The zero-order chi connectivity index (χ0) is 9.68. The van der Waals surface area contributed by atoms with Crippen molar-refractivity contribution in [1.29, 1.82) is 0 Å². The zero-order valence-electron chi connectivity index (χ0n) is 7.69. The molecule has 70 valence electrons. The van der Waals surface area contributed by atoms with E-state index in [1.807, 2.05) is 6.92 Å². The Morgan fingerprint density at radius 2 is 2.15 bits per heavy atom. The van der Waals surface area contributed by atoms with E-state index in [4.69, 9.17) is 0 Å². The highest BCUT2D eigenvalue weighted by Crippen LogP contribution is 2.01. The molecule has 0 atom stereocenters. The Morgan fingerprint density at radius 1 is 1.54 bits per heavy atom. The number of anilines is 1. The van der Waals surface area contributed by atoms with Crippen molar-refractivity contribution in [3.63, 3.8) is 0 Å². The summed E-state index contributed by atoms with van der Waals surface area (Å²) in [5.41, 5.74) is 0.604. The number of carbonyl (C=O) groups excluding carboxylic acids is 1. The van der Waals surface area contributed by atoms with Crippen molar-refractivity contribution >= 4 is 11.7 Å². The summed E-state index contributed by atoms with van der Waals surface area (Å²) in [4.78, 5) is 20.4.